The molecule has 0 unspecified atom stereocenters. The highest BCUT2D eigenvalue weighted by atomic mass is 35.5. The smallest absolute Gasteiger partial charge is 0.335 e. The Balaban J connectivity index is 1.61. The van der Waals surface area contributed by atoms with Crippen LogP contribution < -0.4 is 5.32 Å². The summed E-state index contributed by atoms with van der Waals surface area (Å²) in [5.41, 5.74) is 0.661. The van der Waals surface area contributed by atoms with Gasteiger partial charge in [0.1, 0.15) is 30.7 Å². The highest BCUT2D eigenvalue weighted by Gasteiger charge is 2.48. The van der Waals surface area contributed by atoms with Gasteiger partial charge in [-0.3, -0.25) is 14.4 Å². The second-order valence-electron chi connectivity index (χ2n) is 8.90. The number of Topliss-reactive ketones (excluding diaryl/α,β-unsaturated/α-hetero) is 1. The first kappa shape index (κ1) is 27.2. The summed E-state index contributed by atoms with van der Waals surface area (Å²) in [6.07, 6.45) is -1.52. The fourth-order valence-electron chi connectivity index (χ4n) is 4.65. The van der Waals surface area contributed by atoms with Crippen LogP contribution in [0.1, 0.15) is 33.2 Å². The lowest BCUT2D eigenvalue weighted by Gasteiger charge is -2.26. The zero-order chi connectivity index (χ0) is 27.7. The molecule has 9 nitrogen and oxygen atoms in total. The van der Waals surface area contributed by atoms with Crippen LogP contribution in [0.5, 0.6) is 0 Å². The van der Waals surface area contributed by atoms with Crippen molar-refractivity contribution in [2.45, 2.75) is 38.3 Å². The van der Waals surface area contributed by atoms with Crippen molar-refractivity contribution in [1.29, 1.82) is 0 Å². The third-order valence-corrected chi connectivity index (χ3v) is 6.83. The van der Waals surface area contributed by atoms with Crippen molar-refractivity contribution in [3.05, 3.63) is 70.1 Å². The molecular weight excluding hydrogens is 524 g/mol. The number of carboxylic acid groups (broad SMARTS) is 1. The van der Waals surface area contributed by atoms with Gasteiger partial charge in [-0.05, 0) is 25.1 Å². The number of halogens is 3. The number of nitrogens with one attached hydrogen (secondary N) is 1. The number of aromatic carboxylic acids is 1. The van der Waals surface area contributed by atoms with E-state index in [1.165, 1.54) is 61.2 Å². The standard InChI is InChI=1S/C26H24ClF2N3O6/c1-13(33)17-10-31(20-8-14(26(36)37)6-7-16(17)20)12-21(34)32-11-19(28)24(38-2)23(32)25(35)30-9-15-4-3-5-18(27)22(15)29/h3-8,10,19,23-24H,9,11-12H2,1-2H3,(H,30,35)(H,36,37)/t19-,23-,24+/m0/s1. The molecule has 4 rings (SSSR count). The Kier molecular flexibility index (Phi) is 7.79. The lowest BCUT2D eigenvalue weighted by molar-refractivity contribution is -0.141. The van der Waals surface area contributed by atoms with E-state index < -0.39 is 55.0 Å². The van der Waals surface area contributed by atoms with E-state index in [1.54, 1.807) is 0 Å². The number of nitrogens with zero attached hydrogens (tertiary/aromatic N) is 2. The minimum absolute atomic E-state index is 0.0469. The van der Waals surface area contributed by atoms with Gasteiger partial charge in [0.25, 0.3) is 0 Å². The van der Waals surface area contributed by atoms with Crippen molar-refractivity contribution in [3.8, 4) is 0 Å². The Morgan fingerprint density at radius 3 is 2.61 bits per heavy atom. The van der Waals surface area contributed by atoms with E-state index in [9.17, 15) is 33.1 Å². The first-order valence-corrected chi connectivity index (χ1v) is 11.9. The molecule has 1 aliphatic heterocycles. The zero-order valence-electron chi connectivity index (χ0n) is 20.4. The fourth-order valence-corrected chi connectivity index (χ4v) is 4.84. The molecule has 0 radical (unpaired) electrons. The fraction of sp³-hybridized carbons (Fsp3) is 0.308. The number of amides is 2. The maximum atomic E-state index is 14.8. The Labute approximate surface area is 220 Å². The normalized spacial score (nSPS) is 19.1. The summed E-state index contributed by atoms with van der Waals surface area (Å²) in [5.74, 6) is -3.60. The number of fused-ring (bicyclic) bond motifs is 1. The van der Waals surface area contributed by atoms with Gasteiger partial charge in [0, 0.05) is 36.4 Å². The van der Waals surface area contributed by atoms with Crippen molar-refractivity contribution in [2.75, 3.05) is 13.7 Å². The number of hydrogen-bond acceptors (Lipinski definition) is 5. The number of benzene rings is 2. The molecule has 3 aromatic rings. The van der Waals surface area contributed by atoms with Crippen molar-refractivity contribution in [1.82, 2.24) is 14.8 Å². The summed E-state index contributed by atoms with van der Waals surface area (Å²) in [5, 5.41) is 12.2. The van der Waals surface area contributed by atoms with E-state index in [0.717, 1.165) is 4.90 Å². The van der Waals surface area contributed by atoms with Crippen LogP contribution >= 0.6 is 11.6 Å². The van der Waals surface area contributed by atoms with Crippen LogP contribution in [0.4, 0.5) is 8.78 Å². The van der Waals surface area contributed by atoms with Crippen molar-refractivity contribution in [3.63, 3.8) is 0 Å². The Bertz CT molecular complexity index is 1440. The first-order chi connectivity index (χ1) is 18.0. The SMILES string of the molecule is CO[C@H]1[C@@H](C(=O)NCc2cccc(Cl)c2F)N(C(=O)Cn2cc(C(C)=O)c3ccc(C(=O)O)cc32)C[C@@H]1F. The van der Waals surface area contributed by atoms with Crippen LogP contribution in [-0.4, -0.2) is 70.1 Å². The van der Waals surface area contributed by atoms with E-state index in [1.807, 2.05) is 0 Å². The summed E-state index contributed by atoms with van der Waals surface area (Å²) < 4.78 is 35.7. The molecule has 1 aromatic heterocycles. The molecule has 0 bridgehead atoms. The quantitative estimate of drug-likeness (QED) is 0.418. The first-order valence-electron chi connectivity index (χ1n) is 11.6. The van der Waals surface area contributed by atoms with Gasteiger partial charge in [-0.1, -0.05) is 29.8 Å². The molecule has 200 valence electrons. The van der Waals surface area contributed by atoms with E-state index in [4.69, 9.17) is 16.3 Å². The van der Waals surface area contributed by atoms with Gasteiger partial charge in [0.15, 0.2) is 5.78 Å². The van der Waals surface area contributed by atoms with Crippen molar-refractivity contribution < 1.29 is 37.8 Å². The average molecular weight is 548 g/mol. The lowest BCUT2D eigenvalue weighted by atomic mass is 10.1. The summed E-state index contributed by atoms with van der Waals surface area (Å²) in [4.78, 5) is 51.1. The number of likely N-dealkylation sites (tertiary alicyclic amines) is 1. The van der Waals surface area contributed by atoms with Gasteiger partial charge in [-0.25, -0.2) is 13.6 Å². The van der Waals surface area contributed by atoms with Crippen LogP contribution in [0, 0.1) is 5.82 Å². The topological polar surface area (TPSA) is 118 Å². The molecule has 1 aliphatic rings. The van der Waals surface area contributed by atoms with Gasteiger partial charge < -0.3 is 24.6 Å². The highest BCUT2D eigenvalue weighted by Crippen LogP contribution is 2.27. The van der Waals surface area contributed by atoms with Gasteiger partial charge in [-0.2, -0.15) is 0 Å². The summed E-state index contributed by atoms with van der Waals surface area (Å²) >= 11 is 5.79. The highest BCUT2D eigenvalue weighted by molar-refractivity contribution is 6.30. The van der Waals surface area contributed by atoms with Crippen molar-refractivity contribution in [2.24, 2.45) is 0 Å². The van der Waals surface area contributed by atoms with Gasteiger partial charge >= 0.3 is 5.97 Å². The molecule has 2 aromatic carbocycles. The second-order valence-corrected chi connectivity index (χ2v) is 9.31. The number of hydrogen-bond donors (Lipinski definition) is 2. The third kappa shape index (κ3) is 5.11. The second kappa shape index (κ2) is 10.9. The number of aromatic nitrogens is 1. The largest absolute Gasteiger partial charge is 0.478 e. The van der Waals surface area contributed by atoms with Crippen LogP contribution in [0.3, 0.4) is 0 Å². The third-order valence-electron chi connectivity index (χ3n) is 6.53. The minimum atomic E-state index is -1.67. The number of rotatable bonds is 8. The summed E-state index contributed by atoms with van der Waals surface area (Å²) in [7, 11) is 1.22. The molecule has 12 heteroatoms. The summed E-state index contributed by atoms with van der Waals surface area (Å²) in [6, 6.07) is 7.12. The molecule has 2 heterocycles. The Morgan fingerprint density at radius 2 is 1.95 bits per heavy atom. The number of carbonyl (C=O) groups excluding carboxylic acids is 3. The number of carbonyl (C=O) groups is 4. The van der Waals surface area contributed by atoms with Crippen LogP contribution in [0.25, 0.3) is 10.9 Å². The van der Waals surface area contributed by atoms with Crippen LogP contribution in [-0.2, 0) is 27.4 Å². The molecule has 0 aliphatic carbocycles. The molecule has 2 amide bonds. The van der Waals surface area contributed by atoms with E-state index in [-0.39, 0.29) is 34.0 Å². The molecule has 2 N–H and O–H groups in total. The zero-order valence-corrected chi connectivity index (χ0v) is 21.2. The predicted octanol–water partition coefficient (Wildman–Crippen LogP) is 3.21. The monoisotopic (exact) mass is 547 g/mol. The number of carboxylic acids is 1. The Morgan fingerprint density at radius 1 is 1.21 bits per heavy atom. The van der Waals surface area contributed by atoms with Gasteiger partial charge in [-0.15, -0.1) is 0 Å². The van der Waals surface area contributed by atoms with Crippen LogP contribution in [0.2, 0.25) is 5.02 Å². The maximum Gasteiger partial charge on any atom is 0.335 e. The molecule has 1 fully saturated rings. The van der Waals surface area contributed by atoms with E-state index >= 15 is 0 Å². The van der Waals surface area contributed by atoms with Gasteiger partial charge in [0.2, 0.25) is 11.8 Å². The molecule has 0 saturated carbocycles. The van der Waals surface area contributed by atoms with Gasteiger partial charge in [0.05, 0.1) is 22.6 Å². The van der Waals surface area contributed by atoms with Crippen LogP contribution in [0.15, 0.2) is 42.6 Å². The number of alkyl halides is 1. The maximum absolute atomic E-state index is 14.8. The minimum Gasteiger partial charge on any atom is -0.478 e. The Hall–Kier alpha value is -3.83. The molecule has 38 heavy (non-hydrogen) atoms. The average Bonchev–Trinajstić information content (AvgIpc) is 3.41. The number of ether oxygens (including phenoxy) is 1. The number of methoxy groups -OCH3 is 1. The summed E-state index contributed by atoms with van der Waals surface area (Å²) in [6.45, 7) is 0.259. The number of ketones is 1. The van der Waals surface area contributed by atoms with Crippen molar-refractivity contribution >= 4 is 46.1 Å². The molecule has 1 saturated heterocycles. The molecule has 0 spiro atoms. The lowest BCUT2D eigenvalue weighted by Crippen LogP contribution is -2.51. The molecule has 3 atom stereocenters. The molecular formula is C26H24ClF2N3O6. The predicted molar refractivity (Wildman–Crippen MR) is 133 cm³/mol. The van der Waals surface area contributed by atoms with E-state index in [2.05, 4.69) is 5.32 Å². The van der Waals surface area contributed by atoms with E-state index in [0.29, 0.717) is 10.9 Å².